The van der Waals surface area contributed by atoms with Gasteiger partial charge in [0.2, 0.25) is 0 Å². The Labute approximate surface area is 204 Å². The van der Waals surface area contributed by atoms with E-state index >= 15 is 0 Å². The highest BCUT2D eigenvalue weighted by molar-refractivity contribution is 6.34. The van der Waals surface area contributed by atoms with Gasteiger partial charge >= 0.3 is 0 Å². The number of halogens is 2. The van der Waals surface area contributed by atoms with Gasteiger partial charge in [-0.2, -0.15) is 0 Å². The highest BCUT2D eigenvalue weighted by Crippen LogP contribution is 2.30. The van der Waals surface area contributed by atoms with E-state index in [1.165, 1.54) is 0 Å². The Bertz CT molecular complexity index is 1100. The summed E-state index contributed by atoms with van der Waals surface area (Å²) in [6.45, 7) is 4.90. The highest BCUT2D eigenvalue weighted by Gasteiger charge is 2.18. The lowest BCUT2D eigenvalue weighted by Crippen LogP contribution is -2.44. The third kappa shape index (κ3) is 5.96. The maximum atomic E-state index is 12.5. The van der Waals surface area contributed by atoms with Crippen LogP contribution in [-0.2, 0) is 13.1 Å². The number of benzene rings is 2. The molecule has 0 bridgehead atoms. The molecule has 1 aliphatic rings. The first-order valence-corrected chi connectivity index (χ1v) is 11.7. The van der Waals surface area contributed by atoms with Crippen molar-refractivity contribution in [1.29, 1.82) is 0 Å². The Balaban J connectivity index is 1.41. The van der Waals surface area contributed by atoms with E-state index in [0.717, 1.165) is 53.8 Å². The number of anilines is 2. The number of nitrogens with zero attached hydrogens (tertiary/aromatic N) is 3. The lowest BCUT2D eigenvalue weighted by atomic mass is 10.1. The van der Waals surface area contributed by atoms with Crippen molar-refractivity contribution < 1.29 is 4.79 Å². The maximum Gasteiger partial charge on any atom is 0.253 e. The molecule has 2 N–H and O–H groups in total. The normalized spacial score (nSPS) is 14.2. The molecular weight excluding hydrogens is 457 g/mol. The van der Waals surface area contributed by atoms with Gasteiger partial charge in [-0.1, -0.05) is 35.3 Å². The molecule has 0 unspecified atom stereocenters. The number of aromatic nitrogens is 1. The average Bonchev–Trinajstić information content (AvgIpc) is 2.83. The second-order valence-electron chi connectivity index (χ2n) is 8.08. The summed E-state index contributed by atoms with van der Waals surface area (Å²) in [6, 6.07) is 17.0. The Morgan fingerprint density at radius 3 is 2.52 bits per heavy atom. The van der Waals surface area contributed by atoms with Crippen LogP contribution in [0.3, 0.4) is 0 Å². The molecule has 4 rings (SSSR count). The van der Waals surface area contributed by atoms with Gasteiger partial charge in [-0.05, 0) is 49.5 Å². The summed E-state index contributed by atoms with van der Waals surface area (Å²) >= 11 is 13.0. The van der Waals surface area contributed by atoms with Crippen molar-refractivity contribution in [2.45, 2.75) is 13.1 Å². The molecule has 8 heteroatoms. The van der Waals surface area contributed by atoms with Crippen LogP contribution in [0, 0.1) is 0 Å². The van der Waals surface area contributed by atoms with E-state index in [-0.39, 0.29) is 5.91 Å². The standard InChI is InChI=1S/C25H27Cl2N5O/c1-31-11-13-32(14-12-31)24-7-4-6-22(26)21(24)17-29-18-8-9-20(23(27)15-18)25(33)30-16-19-5-2-3-10-28-19/h2-10,15,29H,11-14,16-17H2,1H3,(H,30,33). The number of likely N-dealkylation sites (N-methyl/N-ethyl adjacent to an activating group) is 1. The molecular formula is C25H27Cl2N5O. The number of rotatable bonds is 7. The molecule has 2 aromatic carbocycles. The lowest BCUT2D eigenvalue weighted by Gasteiger charge is -2.35. The van der Waals surface area contributed by atoms with Gasteiger partial charge in [0, 0.05) is 60.9 Å². The predicted octanol–water partition coefficient (Wildman–Crippen LogP) is 4.68. The number of hydrogen-bond acceptors (Lipinski definition) is 5. The van der Waals surface area contributed by atoms with Crippen LogP contribution in [0.15, 0.2) is 60.8 Å². The van der Waals surface area contributed by atoms with Gasteiger partial charge in [0.1, 0.15) is 0 Å². The monoisotopic (exact) mass is 483 g/mol. The summed E-state index contributed by atoms with van der Waals surface area (Å²) in [5.41, 5.74) is 4.24. The van der Waals surface area contributed by atoms with Crippen LogP contribution in [0.25, 0.3) is 0 Å². The molecule has 6 nitrogen and oxygen atoms in total. The molecule has 1 amide bonds. The topological polar surface area (TPSA) is 60.5 Å². The molecule has 1 aromatic heterocycles. The molecule has 0 saturated carbocycles. The van der Waals surface area contributed by atoms with E-state index < -0.39 is 0 Å². The number of pyridine rings is 1. The highest BCUT2D eigenvalue weighted by atomic mass is 35.5. The molecule has 3 aromatic rings. The van der Waals surface area contributed by atoms with E-state index in [1.54, 1.807) is 18.3 Å². The first-order chi connectivity index (χ1) is 16.0. The fraction of sp³-hybridized carbons (Fsp3) is 0.280. The Hall–Kier alpha value is -2.80. The molecule has 0 spiro atoms. The van der Waals surface area contributed by atoms with Crippen LogP contribution >= 0.6 is 23.2 Å². The van der Waals surface area contributed by atoms with Crippen molar-refractivity contribution in [1.82, 2.24) is 15.2 Å². The van der Waals surface area contributed by atoms with E-state index in [2.05, 4.69) is 38.5 Å². The van der Waals surface area contributed by atoms with Gasteiger partial charge in [-0.3, -0.25) is 9.78 Å². The van der Waals surface area contributed by atoms with Crippen molar-refractivity contribution in [3.05, 3.63) is 87.7 Å². The quantitative estimate of drug-likeness (QED) is 0.510. The summed E-state index contributed by atoms with van der Waals surface area (Å²) < 4.78 is 0. The van der Waals surface area contributed by atoms with Gasteiger partial charge < -0.3 is 20.4 Å². The third-order valence-corrected chi connectivity index (χ3v) is 6.44. The van der Waals surface area contributed by atoms with Gasteiger partial charge in [-0.15, -0.1) is 0 Å². The zero-order chi connectivity index (χ0) is 23.2. The molecule has 0 atom stereocenters. The Kier molecular flexibility index (Phi) is 7.70. The van der Waals surface area contributed by atoms with Crippen LogP contribution in [0.5, 0.6) is 0 Å². The van der Waals surface area contributed by atoms with Crippen LogP contribution < -0.4 is 15.5 Å². The van der Waals surface area contributed by atoms with Gasteiger partial charge in [-0.25, -0.2) is 0 Å². The Morgan fingerprint density at radius 2 is 1.79 bits per heavy atom. The van der Waals surface area contributed by atoms with E-state index in [9.17, 15) is 4.79 Å². The zero-order valence-electron chi connectivity index (χ0n) is 18.5. The van der Waals surface area contributed by atoms with Gasteiger partial charge in [0.25, 0.3) is 5.91 Å². The zero-order valence-corrected chi connectivity index (χ0v) is 20.0. The molecule has 172 valence electrons. The van der Waals surface area contributed by atoms with Crippen LogP contribution in [0.4, 0.5) is 11.4 Å². The number of carbonyl (C=O) groups excluding carboxylic acids is 1. The molecule has 1 saturated heterocycles. The lowest BCUT2D eigenvalue weighted by molar-refractivity contribution is 0.0950. The van der Waals surface area contributed by atoms with E-state index in [1.807, 2.05) is 36.4 Å². The van der Waals surface area contributed by atoms with Crippen molar-refractivity contribution in [2.75, 3.05) is 43.4 Å². The molecule has 1 fully saturated rings. The van der Waals surface area contributed by atoms with Gasteiger partial charge in [0.05, 0.1) is 22.8 Å². The second kappa shape index (κ2) is 10.9. The summed E-state index contributed by atoms with van der Waals surface area (Å²) in [7, 11) is 2.14. The summed E-state index contributed by atoms with van der Waals surface area (Å²) in [5, 5.41) is 7.38. The maximum absolute atomic E-state index is 12.5. The minimum Gasteiger partial charge on any atom is -0.381 e. The van der Waals surface area contributed by atoms with Crippen LogP contribution in [0.2, 0.25) is 10.0 Å². The number of hydrogen-bond donors (Lipinski definition) is 2. The average molecular weight is 484 g/mol. The minimum absolute atomic E-state index is 0.236. The van der Waals surface area contributed by atoms with Crippen molar-refractivity contribution in [3.8, 4) is 0 Å². The number of carbonyl (C=O) groups is 1. The number of amides is 1. The largest absolute Gasteiger partial charge is 0.381 e. The van der Waals surface area contributed by atoms with Gasteiger partial charge in [0.15, 0.2) is 0 Å². The summed E-state index contributed by atoms with van der Waals surface area (Å²) in [4.78, 5) is 21.5. The van der Waals surface area contributed by atoms with Crippen molar-refractivity contribution in [3.63, 3.8) is 0 Å². The molecule has 0 aliphatic carbocycles. The molecule has 2 heterocycles. The van der Waals surface area contributed by atoms with E-state index in [4.69, 9.17) is 23.2 Å². The second-order valence-corrected chi connectivity index (χ2v) is 8.89. The summed E-state index contributed by atoms with van der Waals surface area (Å²) in [6.07, 6.45) is 1.70. The van der Waals surface area contributed by atoms with Crippen LogP contribution in [0.1, 0.15) is 21.6 Å². The van der Waals surface area contributed by atoms with Crippen molar-refractivity contribution >= 4 is 40.5 Å². The Morgan fingerprint density at radius 1 is 0.970 bits per heavy atom. The predicted molar refractivity (Wildman–Crippen MR) is 135 cm³/mol. The number of nitrogens with one attached hydrogen (secondary N) is 2. The first-order valence-electron chi connectivity index (χ1n) is 10.9. The number of piperazine rings is 1. The third-order valence-electron chi connectivity index (χ3n) is 5.78. The molecule has 1 aliphatic heterocycles. The fourth-order valence-corrected chi connectivity index (χ4v) is 4.34. The van der Waals surface area contributed by atoms with Crippen LogP contribution in [-0.4, -0.2) is 49.0 Å². The smallest absolute Gasteiger partial charge is 0.253 e. The molecule has 0 radical (unpaired) electrons. The summed E-state index contributed by atoms with van der Waals surface area (Å²) in [5.74, 6) is -0.236. The first kappa shape index (κ1) is 23.4. The molecule has 33 heavy (non-hydrogen) atoms. The fourth-order valence-electron chi connectivity index (χ4n) is 3.83. The SMILES string of the molecule is CN1CCN(c2cccc(Cl)c2CNc2ccc(C(=O)NCc3ccccn3)c(Cl)c2)CC1. The van der Waals surface area contributed by atoms with E-state index in [0.29, 0.717) is 23.7 Å². The minimum atomic E-state index is -0.236. The van der Waals surface area contributed by atoms with Crippen molar-refractivity contribution in [2.24, 2.45) is 0 Å².